The Hall–Kier alpha value is -1.84. The summed E-state index contributed by atoms with van der Waals surface area (Å²) in [5.74, 6) is -0.0344. The molecule has 1 aliphatic heterocycles. The molecule has 1 fully saturated rings. The molecule has 0 unspecified atom stereocenters. The van der Waals surface area contributed by atoms with Gasteiger partial charge in [0.05, 0.1) is 0 Å². The van der Waals surface area contributed by atoms with Crippen LogP contribution in [-0.4, -0.2) is 29.9 Å². The second-order valence-electron chi connectivity index (χ2n) is 7.38. The zero-order chi connectivity index (χ0) is 17.9. The van der Waals surface area contributed by atoms with E-state index in [2.05, 4.69) is 22.3 Å². The van der Waals surface area contributed by atoms with Crippen molar-refractivity contribution in [3.63, 3.8) is 0 Å². The Morgan fingerprint density at radius 1 is 1.08 bits per heavy atom. The van der Waals surface area contributed by atoms with E-state index in [1.165, 1.54) is 30.4 Å². The Morgan fingerprint density at radius 2 is 1.85 bits per heavy atom. The SMILES string of the molecule is O=C(NCc1ccccc1Cl)c1ccc2c(c1)CCN(C1CCC1)CC2. The van der Waals surface area contributed by atoms with Crippen LogP contribution in [0, 0.1) is 0 Å². The smallest absolute Gasteiger partial charge is 0.251 e. The van der Waals surface area contributed by atoms with Crippen LogP contribution in [-0.2, 0) is 19.4 Å². The van der Waals surface area contributed by atoms with Crippen molar-refractivity contribution in [2.45, 2.75) is 44.7 Å². The normalized spacial score (nSPS) is 17.9. The molecule has 2 aliphatic rings. The summed E-state index contributed by atoms with van der Waals surface area (Å²) in [6.45, 7) is 2.71. The van der Waals surface area contributed by atoms with Crippen molar-refractivity contribution in [2.75, 3.05) is 13.1 Å². The van der Waals surface area contributed by atoms with Crippen LogP contribution in [0.5, 0.6) is 0 Å². The van der Waals surface area contributed by atoms with Crippen LogP contribution in [0.3, 0.4) is 0 Å². The van der Waals surface area contributed by atoms with E-state index in [1.54, 1.807) is 0 Å². The Balaban J connectivity index is 1.41. The molecule has 0 atom stereocenters. The molecule has 1 amide bonds. The van der Waals surface area contributed by atoms with Crippen LogP contribution >= 0.6 is 11.6 Å². The third-order valence-corrected chi connectivity index (χ3v) is 6.16. The van der Waals surface area contributed by atoms with Gasteiger partial charge in [-0.2, -0.15) is 0 Å². The van der Waals surface area contributed by atoms with Crippen molar-refractivity contribution in [1.29, 1.82) is 0 Å². The molecule has 0 bridgehead atoms. The molecule has 0 saturated heterocycles. The van der Waals surface area contributed by atoms with Gasteiger partial charge in [0.2, 0.25) is 0 Å². The van der Waals surface area contributed by atoms with Gasteiger partial charge in [0.1, 0.15) is 0 Å². The van der Waals surface area contributed by atoms with Gasteiger partial charge in [-0.1, -0.05) is 42.3 Å². The first-order chi connectivity index (χ1) is 12.7. The summed E-state index contributed by atoms with van der Waals surface area (Å²) in [6, 6.07) is 14.6. The number of benzene rings is 2. The van der Waals surface area contributed by atoms with Crippen LogP contribution in [0.1, 0.15) is 46.3 Å². The highest BCUT2D eigenvalue weighted by atomic mass is 35.5. The molecule has 0 spiro atoms. The maximum Gasteiger partial charge on any atom is 0.251 e. The topological polar surface area (TPSA) is 32.3 Å². The lowest BCUT2D eigenvalue weighted by Crippen LogP contribution is -2.41. The molecule has 2 aromatic carbocycles. The number of hydrogen-bond acceptors (Lipinski definition) is 2. The number of fused-ring (bicyclic) bond motifs is 1. The van der Waals surface area contributed by atoms with E-state index in [0.29, 0.717) is 11.6 Å². The molecule has 2 aromatic rings. The average molecular weight is 369 g/mol. The fraction of sp³-hybridized carbons (Fsp3) is 0.409. The molecule has 1 aliphatic carbocycles. The summed E-state index contributed by atoms with van der Waals surface area (Å²) in [5, 5.41) is 3.68. The summed E-state index contributed by atoms with van der Waals surface area (Å²) in [7, 11) is 0. The van der Waals surface area contributed by atoms with Crippen molar-refractivity contribution in [2.24, 2.45) is 0 Å². The summed E-state index contributed by atoms with van der Waals surface area (Å²) in [5.41, 5.74) is 4.41. The average Bonchev–Trinajstić information content (AvgIpc) is 2.82. The van der Waals surface area contributed by atoms with Gasteiger partial charge in [-0.25, -0.2) is 0 Å². The zero-order valence-electron chi connectivity index (χ0n) is 15.0. The minimum Gasteiger partial charge on any atom is -0.348 e. The van der Waals surface area contributed by atoms with Crippen molar-refractivity contribution in [1.82, 2.24) is 10.2 Å². The first-order valence-electron chi connectivity index (χ1n) is 9.58. The highest BCUT2D eigenvalue weighted by molar-refractivity contribution is 6.31. The van der Waals surface area contributed by atoms with E-state index in [4.69, 9.17) is 11.6 Å². The molecule has 1 N–H and O–H groups in total. The lowest BCUT2D eigenvalue weighted by molar-refractivity contribution is 0.0951. The highest BCUT2D eigenvalue weighted by Gasteiger charge is 2.26. The number of halogens is 1. The molecule has 4 rings (SSSR count). The van der Waals surface area contributed by atoms with Gasteiger partial charge in [-0.3, -0.25) is 9.69 Å². The molecular weight excluding hydrogens is 344 g/mol. The van der Waals surface area contributed by atoms with Crippen molar-refractivity contribution < 1.29 is 4.79 Å². The third-order valence-electron chi connectivity index (χ3n) is 5.79. The number of nitrogens with zero attached hydrogens (tertiary/aromatic N) is 1. The quantitative estimate of drug-likeness (QED) is 0.876. The Labute approximate surface area is 160 Å². The largest absolute Gasteiger partial charge is 0.348 e. The fourth-order valence-electron chi connectivity index (χ4n) is 3.92. The highest BCUT2D eigenvalue weighted by Crippen LogP contribution is 2.27. The first-order valence-corrected chi connectivity index (χ1v) is 9.96. The monoisotopic (exact) mass is 368 g/mol. The number of carbonyl (C=O) groups excluding carboxylic acids is 1. The van der Waals surface area contributed by atoms with E-state index >= 15 is 0 Å². The maximum atomic E-state index is 12.6. The number of amides is 1. The summed E-state index contributed by atoms with van der Waals surface area (Å²) >= 11 is 6.17. The van der Waals surface area contributed by atoms with Crippen molar-refractivity contribution >= 4 is 17.5 Å². The first kappa shape index (κ1) is 17.6. The van der Waals surface area contributed by atoms with Crippen molar-refractivity contribution in [3.8, 4) is 0 Å². The van der Waals surface area contributed by atoms with E-state index in [9.17, 15) is 4.79 Å². The van der Waals surface area contributed by atoms with Gasteiger partial charge >= 0.3 is 0 Å². The molecule has 1 heterocycles. The summed E-state index contributed by atoms with van der Waals surface area (Å²) in [4.78, 5) is 15.2. The van der Waals surface area contributed by atoms with E-state index in [-0.39, 0.29) is 5.91 Å². The van der Waals surface area contributed by atoms with E-state index in [0.717, 1.165) is 43.1 Å². The molecule has 136 valence electrons. The predicted molar refractivity (Wildman–Crippen MR) is 106 cm³/mol. The number of rotatable bonds is 4. The number of nitrogens with one attached hydrogen (secondary N) is 1. The maximum absolute atomic E-state index is 12.6. The van der Waals surface area contributed by atoms with Crippen LogP contribution in [0.4, 0.5) is 0 Å². The van der Waals surface area contributed by atoms with Crippen LogP contribution in [0.15, 0.2) is 42.5 Å². The van der Waals surface area contributed by atoms with Crippen LogP contribution in [0.25, 0.3) is 0 Å². The minimum absolute atomic E-state index is 0.0344. The van der Waals surface area contributed by atoms with Gasteiger partial charge in [-0.05, 0) is 60.6 Å². The Bertz CT molecular complexity index is 800. The molecule has 3 nitrogen and oxygen atoms in total. The van der Waals surface area contributed by atoms with E-state index < -0.39 is 0 Å². The van der Waals surface area contributed by atoms with Gasteiger partial charge < -0.3 is 5.32 Å². The second kappa shape index (κ2) is 7.81. The number of carbonyl (C=O) groups is 1. The second-order valence-corrected chi connectivity index (χ2v) is 7.79. The van der Waals surface area contributed by atoms with Crippen LogP contribution in [0.2, 0.25) is 5.02 Å². The van der Waals surface area contributed by atoms with Gasteiger partial charge in [0, 0.05) is 36.3 Å². The molecular formula is C22H25ClN2O. The lowest BCUT2D eigenvalue weighted by atomic mass is 9.91. The van der Waals surface area contributed by atoms with Gasteiger partial charge in [-0.15, -0.1) is 0 Å². The van der Waals surface area contributed by atoms with Crippen LogP contribution < -0.4 is 5.32 Å². The lowest BCUT2D eigenvalue weighted by Gasteiger charge is -2.36. The van der Waals surface area contributed by atoms with Gasteiger partial charge in [0.15, 0.2) is 0 Å². The molecule has 4 heteroatoms. The summed E-state index contributed by atoms with van der Waals surface area (Å²) < 4.78 is 0. The molecule has 1 saturated carbocycles. The molecule has 0 aromatic heterocycles. The molecule has 26 heavy (non-hydrogen) atoms. The van der Waals surface area contributed by atoms with E-state index in [1.807, 2.05) is 30.3 Å². The Morgan fingerprint density at radius 3 is 2.58 bits per heavy atom. The summed E-state index contributed by atoms with van der Waals surface area (Å²) in [6.07, 6.45) is 6.22. The minimum atomic E-state index is -0.0344. The van der Waals surface area contributed by atoms with Crippen molar-refractivity contribution in [3.05, 3.63) is 69.7 Å². The fourth-order valence-corrected chi connectivity index (χ4v) is 4.12. The predicted octanol–water partition coefficient (Wildman–Crippen LogP) is 4.22. The Kier molecular flexibility index (Phi) is 5.28. The zero-order valence-corrected chi connectivity index (χ0v) is 15.8. The van der Waals surface area contributed by atoms with Gasteiger partial charge in [0.25, 0.3) is 5.91 Å². The third kappa shape index (κ3) is 3.79. The standard InChI is InChI=1S/C22H25ClN2O/c23-21-7-2-1-4-19(21)15-24-22(26)18-9-8-16-10-12-25(20-5-3-6-20)13-11-17(16)14-18/h1-2,4,7-9,14,20H,3,5-6,10-13,15H2,(H,24,26). The molecule has 0 radical (unpaired) electrons. The number of hydrogen-bond donors (Lipinski definition) is 1.